The van der Waals surface area contributed by atoms with Gasteiger partial charge in [0.05, 0.1) is 16.3 Å². The van der Waals surface area contributed by atoms with Crippen molar-refractivity contribution in [1.82, 2.24) is 9.97 Å². The molecule has 3 aromatic carbocycles. The second-order valence-electron chi connectivity index (χ2n) is 8.03. The van der Waals surface area contributed by atoms with E-state index in [-0.39, 0.29) is 34.4 Å². The zero-order valence-corrected chi connectivity index (χ0v) is 21.2. The van der Waals surface area contributed by atoms with Crippen LogP contribution in [0.25, 0.3) is 22.4 Å². The normalized spacial score (nSPS) is 11.0. The summed E-state index contributed by atoms with van der Waals surface area (Å²) in [4.78, 5) is 21.4. The number of anilines is 1. The van der Waals surface area contributed by atoms with Crippen LogP contribution in [0, 0.1) is 17.6 Å². The number of hydrogen-bond acceptors (Lipinski definition) is 4. The van der Waals surface area contributed by atoms with Gasteiger partial charge in [0.1, 0.15) is 5.75 Å². The van der Waals surface area contributed by atoms with E-state index in [9.17, 15) is 13.6 Å². The van der Waals surface area contributed by atoms with E-state index in [4.69, 9.17) is 39.5 Å². The first-order chi connectivity index (χ1) is 17.1. The smallest absolute Gasteiger partial charge is 0.233 e. The summed E-state index contributed by atoms with van der Waals surface area (Å²) in [6.45, 7) is 3.43. The van der Waals surface area contributed by atoms with Crippen molar-refractivity contribution in [2.24, 2.45) is 5.92 Å². The van der Waals surface area contributed by atoms with Crippen LogP contribution < -0.4 is 10.1 Å². The minimum absolute atomic E-state index is 0.0166. The van der Waals surface area contributed by atoms with Crippen molar-refractivity contribution >= 4 is 46.7 Å². The number of benzene rings is 3. The van der Waals surface area contributed by atoms with Crippen LogP contribution in [0.4, 0.5) is 14.7 Å². The van der Waals surface area contributed by atoms with Crippen molar-refractivity contribution < 1.29 is 18.3 Å². The Morgan fingerprint density at radius 1 is 0.889 bits per heavy atom. The van der Waals surface area contributed by atoms with Gasteiger partial charge < -0.3 is 4.74 Å². The molecule has 0 bridgehead atoms. The Morgan fingerprint density at radius 3 is 2.22 bits per heavy atom. The largest absolute Gasteiger partial charge is 0.438 e. The molecule has 0 saturated heterocycles. The molecule has 0 saturated carbocycles. The SMILES string of the molecule is CC(C)C(=O)Nc1nc(Oc2ccc(F)c(F)c2)c(-c2ccc(Cl)cc2)c(-c2ccc(Cl)cc2Cl)n1. The van der Waals surface area contributed by atoms with Crippen LogP contribution in [0.1, 0.15) is 13.8 Å². The summed E-state index contributed by atoms with van der Waals surface area (Å²) in [5.74, 6) is -2.92. The van der Waals surface area contributed by atoms with Gasteiger partial charge in [-0.1, -0.05) is 60.8 Å². The van der Waals surface area contributed by atoms with Gasteiger partial charge in [-0.25, -0.2) is 13.8 Å². The Hall–Kier alpha value is -3.26. The third-order valence-electron chi connectivity index (χ3n) is 5.06. The van der Waals surface area contributed by atoms with Gasteiger partial charge in [-0.3, -0.25) is 10.1 Å². The zero-order valence-electron chi connectivity index (χ0n) is 19.0. The van der Waals surface area contributed by atoms with Crippen molar-refractivity contribution in [3.05, 3.63) is 87.4 Å². The van der Waals surface area contributed by atoms with Gasteiger partial charge in [0.25, 0.3) is 0 Å². The molecule has 4 aromatic rings. The molecule has 0 unspecified atom stereocenters. The first kappa shape index (κ1) is 25.8. The molecule has 1 heterocycles. The molecule has 36 heavy (non-hydrogen) atoms. The zero-order chi connectivity index (χ0) is 26.0. The molecular formula is C26H18Cl3F2N3O2. The van der Waals surface area contributed by atoms with Crippen LogP contribution in [0.3, 0.4) is 0 Å². The lowest BCUT2D eigenvalue weighted by atomic mass is 10.00. The molecule has 0 aliphatic rings. The average molecular weight is 549 g/mol. The monoisotopic (exact) mass is 547 g/mol. The van der Waals surface area contributed by atoms with Gasteiger partial charge in [0, 0.05) is 27.6 Å². The molecule has 184 valence electrons. The van der Waals surface area contributed by atoms with E-state index >= 15 is 0 Å². The highest BCUT2D eigenvalue weighted by Gasteiger charge is 2.23. The minimum atomic E-state index is -1.09. The maximum Gasteiger partial charge on any atom is 0.233 e. The fraction of sp³-hybridized carbons (Fsp3) is 0.115. The Kier molecular flexibility index (Phi) is 7.73. The first-order valence-electron chi connectivity index (χ1n) is 10.7. The summed E-state index contributed by atoms with van der Waals surface area (Å²) in [6, 6.07) is 14.7. The summed E-state index contributed by atoms with van der Waals surface area (Å²) in [5, 5.41) is 3.85. The Balaban J connectivity index is 1.99. The fourth-order valence-corrected chi connectivity index (χ4v) is 3.85. The predicted octanol–water partition coefficient (Wildman–Crippen LogP) is 8.44. The summed E-state index contributed by atoms with van der Waals surface area (Å²) in [6.07, 6.45) is 0. The van der Waals surface area contributed by atoms with Gasteiger partial charge in [-0.2, -0.15) is 4.98 Å². The van der Waals surface area contributed by atoms with Crippen molar-refractivity contribution in [3.63, 3.8) is 0 Å². The molecule has 10 heteroatoms. The molecule has 0 spiro atoms. The molecule has 1 N–H and O–H groups in total. The minimum Gasteiger partial charge on any atom is -0.438 e. The van der Waals surface area contributed by atoms with Crippen molar-refractivity contribution in [2.45, 2.75) is 13.8 Å². The van der Waals surface area contributed by atoms with Crippen LogP contribution in [0.2, 0.25) is 15.1 Å². The van der Waals surface area contributed by atoms with E-state index in [0.29, 0.717) is 32.4 Å². The molecule has 5 nitrogen and oxygen atoms in total. The van der Waals surface area contributed by atoms with Crippen LogP contribution in [-0.4, -0.2) is 15.9 Å². The first-order valence-corrected chi connectivity index (χ1v) is 11.8. The van der Waals surface area contributed by atoms with Gasteiger partial charge in [0.2, 0.25) is 17.7 Å². The Bertz CT molecular complexity index is 1450. The number of rotatable bonds is 6. The summed E-state index contributed by atoms with van der Waals surface area (Å²) in [7, 11) is 0. The number of ether oxygens (including phenoxy) is 1. The van der Waals surface area contributed by atoms with Crippen LogP contribution in [0.5, 0.6) is 11.6 Å². The van der Waals surface area contributed by atoms with Crippen molar-refractivity contribution in [2.75, 3.05) is 5.32 Å². The Morgan fingerprint density at radius 2 is 1.58 bits per heavy atom. The maximum absolute atomic E-state index is 13.9. The number of nitrogens with zero attached hydrogens (tertiary/aromatic N) is 2. The lowest BCUT2D eigenvalue weighted by Crippen LogP contribution is -2.20. The van der Waals surface area contributed by atoms with Gasteiger partial charge in [0.15, 0.2) is 11.6 Å². The topological polar surface area (TPSA) is 64.1 Å². The highest BCUT2D eigenvalue weighted by molar-refractivity contribution is 6.36. The molecule has 0 aliphatic heterocycles. The van der Waals surface area contributed by atoms with E-state index in [1.165, 1.54) is 6.07 Å². The van der Waals surface area contributed by atoms with E-state index < -0.39 is 11.6 Å². The summed E-state index contributed by atoms with van der Waals surface area (Å²) in [5.41, 5.74) is 1.76. The van der Waals surface area contributed by atoms with E-state index in [1.807, 2.05) is 0 Å². The second-order valence-corrected chi connectivity index (χ2v) is 9.31. The fourth-order valence-electron chi connectivity index (χ4n) is 3.23. The number of amides is 1. The molecule has 0 atom stereocenters. The van der Waals surface area contributed by atoms with E-state index in [2.05, 4.69) is 15.3 Å². The maximum atomic E-state index is 13.9. The van der Waals surface area contributed by atoms with Crippen LogP contribution in [-0.2, 0) is 4.79 Å². The second kappa shape index (κ2) is 10.8. The number of aromatic nitrogens is 2. The lowest BCUT2D eigenvalue weighted by molar-refractivity contribution is -0.118. The van der Waals surface area contributed by atoms with Gasteiger partial charge in [-0.15, -0.1) is 0 Å². The van der Waals surface area contributed by atoms with Gasteiger partial charge in [-0.05, 0) is 48.0 Å². The predicted molar refractivity (Wildman–Crippen MR) is 138 cm³/mol. The number of carbonyl (C=O) groups excluding carboxylic acids is 1. The third kappa shape index (κ3) is 5.75. The molecular weight excluding hydrogens is 531 g/mol. The summed E-state index contributed by atoms with van der Waals surface area (Å²) < 4.78 is 33.4. The molecule has 0 fully saturated rings. The van der Waals surface area contributed by atoms with E-state index in [0.717, 1.165) is 12.1 Å². The molecule has 1 aromatic heterocycles. The molecule has 0 aliphatic carbocycles. The standard InChI is InChI=1S/C26H18Cl3F2N3O2/c1-13(2)24(35)33-26-32-23(18-9-7-16(28)11-19(18)29)22(14-3-5-15(27)6-4-14)25(34-26)36-17-8-10-20(30)21(31)12-17/h3-13H,1-2H3,(H,32,33,34,35). The summed E-state index contributed by atoms with van der Waals surface area (Å²) >= 11 is 18.7. The Labute approximate surface area is 221 Å². The quantitative estimate of drug-likeness (QED) is 0.263. The van der Waals surface area contributed by atoms with Crippen LogP contribution in [0.15, 0.2) is 60.7 Å². The van der Waals surface area contributed by atoms with E-state index in [1.54, 1.807) is 56.3 Å². The highest BCUT2D eigenvalue weighted by atomic mass is 35.5. The van der Waals surface area contributed by atoms with Crippen molar-refractivity contribution in [3.8, 4) is 34.0 Å². The molecule has 1 amide bonds. The highest BCUT2D eigenvalue weighted by Crippen LogP contribution is 2.42. The third-order valence-corrected chi connectivity index (χ3v) is 5.86. The number of carbonyl (C=O) groups is 1. The molecule has 0 radical (unpaired) electrons. The lowest BCUT2D eigenvalue weighted by Gasteiger charge is -2.18. The van der Waals surface area contributed by atoms with Gasteiger partial charge >= 0.3 is 0 Å². The average Bonchev–Trinajstić information content (AvgIpc) is 2.82. The number of hydrogen-bond donors (Lipinski definition) is 1. The van der Waals surface area contributed by atoms with Crippen molar-refractivity contribution in [1.29, 1.82) is 0 Å². The number of halogens is 5. The number of nitrogens with one attached hydrogen (secondary N) is 1. The molecule has 4 rings (SSSR count). The van der Waals surface area contributed by atoms with Crippen LogP contribution >= 0.6 is 34.8 Å².